The number of aromatic nitrogens is 2. The van der Waals surface area contributed by atoms with E-state index in [2.05, 4.69) is 58.0 Å². The van der Waals surface area contributed by atoms with E-state index in [1.807, 2.05) is 0 Å². The fraction of sp³-hybridized carbons (Fsp3) is 0.476. The van der Waals surface area contributed by atoms with Crippen molar-refractivity contribution in [2.75, 3.05) is 38.1 Å². The molecule has 0 unspecified atom stereocenters. The van der Waals surface area contributed by atoms with Gasteiger partial charge in [-0.05, 0) is 44.5 Å². The predicted molar refractivity (Wildman–Crippen MR) is 106 cm³/mol. The van der Waals surface area contributed by atoms with Gasteiger partial charge in [0.1, 0.15) is 23.5 Å². The first-order chi connectivity index (χ1) is 13.1. The van der Waals surface area contributed by atoms with Crippen LogP contribution in [0.3, 0.4) is 0 Å². The molecule has 6 heteroatoms. The molecule has 5 rings (SSSR count). The SMILES string of the molecule is CN1CCN(c2cc(C3=NCc4ccc(OC5(C)CC5)cc43)ncn2)CC1. The summed E-state index contributed by atoms with van der Waals surface area (Å²) in [5.74, 6) is 1.92. The lowest BCUT2D eigenvalue weighted by atomic mass is 10.0. The maximum Gasteiger partial charge on any atom is 0.132 e. The third-order valence-corrected chi connectivity index (χ3v) is 5.78. The third kappa shape index (κ3) is 3.30. The number of nitrogens with zero attached hydrogens (tertiary/aromatic N) is 5. The number of piperazine rings is 1. The van der Waals surface area contributed by atoms with Gasteiger partial charge < -0.3 is 14.5 Å². The monoisotopic (exact) mass is 363 g/mol. The fourth-order valence-electron chi connectivity index (χ4n) is 3.69. The zero-order chi connectivity index (χ0) is 18.4. The van der Waals surface area contributed by atoms with E-state index in [0.29, 0.717) is 6.54 Å². The van der Waals surface area contributed by atoms with Crippen LogP contribution in [0, 0.1) is 0 Å². The summed E-state index contributed by atoms with van der Waals surface area (Å²) < 4.78 is 6.15. The highest BCUT2D eigenvalue weighted by atomic mass is 16.5. The van der Waals surface area contributed by atoms with E-state index in [9.17, 15) is 0 Å². The standard InChI is InChI=1S/C21H25N5O/c1-21(5-6-21)27-16-4-3-15-13-22-20(17(15)11-16)18-12-19(24-14-23-18)26-9-7-25(2)8-10-26/h3-4,11-12,14H,5-10,13H2,1-2H3. The van der Waals surface area contributed by atoms with E-state index < -0.39 is 0 Å². The zero-order valence-electron chi connectivity index (χ0n) is 16.0. The molecule has 140 valence electrons. The topological polar surface area (TPSA) is 53.9 Å². The van der Waals surface area contributed by atoms with Crippen LogP contribution in [0.5, 0.6) is 5.75 Å². The number of anilines is 1. The minimum absolute atomic E-state index is 0.0215. The molecule has 1 aromatic heterocycles. The van der Waals surface area contributed by atoms with Gasteiger partial charge >= 0.3 is 0 Å². The molecule has 0 spiro atoms. The van der Waals surface area contributed by atoms with Crippen molar-refractivity contribution in [1.82, 2.24) is 14.9 Å². The van der Waals surface area contributed by atoms with Crippen molar-refractivity contribution in [2.45, 2.75) is 31.9 Å². The first-order valence-electron chi connectivity index (χ1n) is 9.72. The second kappa shape index (κ2) is 6.30. The van der Waals surface area contributed by atoms with E-state index in [-0.39, 0.29) is 5.60 Å². The summed E-state index contributed by atoms with van der Waals surface area (Å²) in [6, 6.07) is 8.41. The van der Waals surface area contributed by atoms with E-state index in [0.717, 1.165) is 67.6 Å². The number of benzene rings is 1. The van der Waals surface area contributed by atoms with Gasteiger partial charge in [0.2, 0.25) is 0 Å². The Morgan fingerprint density at radius 1 is 1.04 bits per heavy atom. The van der Waals surface area contributed by atoms with Gasteiger partial charge in [-0.1, -0.05) is 6.07 Å². The molecule has 0 N–H and O–H groups in total. The molecule has 0 amide bonds. The Morgan fingerprint density at radius 2 is 1.85 bits per heavy atom. The normalized spacial score (nSPS) is 21.0. The van der Waals surface area contributed by atoms with Crippen LogP contribution < -0.4 is 9.64 Å². The molecule has 0 bridgehead atoms. The fourth-order valence-corrected chi connectivity index (χ4v) is 3.69. The van der Waals surface area contributed by atoms with Gasteiger partial charge in [-0.15, -0.1) is 0 Å². The maximum atomic E-state index is 6.15. The Hall–Kier alpha value is -2.47. The maximum absolute atomic E-state index is 6.15. The van der Waals surface area contributed by atoms with E-state index in [4.69, 9.17) is 9.73 Å². The molecule has 1 aromatic carbocycles. The van der Waals surface area contributed by atoms with Crippen molar-refractivity contribution in [1.29, 1.82) is 0 Å². The largest absolute Gasteiger partial charge is 0.488 e. The molecule has 3 aliphatic rings. The Balaban J connectivity index is 1.42. The Morgan fingerprint density at radius 3 is 2.63 bits per heavy atom. The quantitative estimate of drug-likeness (QED) is 0.835. The summed E-state index contributed by atoms with van der Waals surface area (Å²) in [5.41, 5.74) is 4.24. The molecule has 27 heavy (non-hydrogen) atoms. The highest BCUT2D eigenvalue weighted by Crippen LogP contribution is 2.40. The molecule has 1 saturated carbocycles. The van der Waals surface area contributed by atoms with Crippen molar-refractivity contribution in [2.24, 2.45) is 4.99 Å². The van der Waals surface area contributed by atoms with Crippen LogP contribution in [-0.2, 0) is 6.54 Å². The summed E-state index contributed by atoms with van der Waals surface area (Å²) in [6.07, 6.45) is 3.92. The van der Waals surface area contributed by atoms with Gasteiger partial charge in [-0.2, -0.15) is 0 Å². The number of hydrogen-bond donors (Lipinski definition) is 0. The zero-order valence-corrected chi connectivity index (χ0v) is 16.0. The van der Waals surface area contributed by atoms with Crippen molar-refractivity contribution in [3.8, 4) is 5.75 Å². The van der Waals surface area contributed by atoms with Crippen molar-refractivity contribution >= 4 is 11.5 Å². The van der Waals surface area contributed by atoms with E-state index >= 15 is 0 Å². The van der Waals surface area contributed by atoms with Gasteiger partial charge in [0, 0.05) is 37.8 Å². The van der Waals surface area contributed by atoms with Gasteiger partial charge in [-0.25, -0.2) is 9.97 Å². The van der Waals surface area contributed by atoms with Crippen LogP contribution in [0.2, 0.25) is 0 Å². The van der Waals surface area contributed by atoms with Gasteiger partial charge in [0.05, 0.1) is 18.0 Å². The molecular formula is C21H25N5O. The minimum Gasteiger partial charge on any atom is -0.488 e. The Kier molecular flexibility index (Phi) is 3.90. The van der Waals surface area contributed by atoms with Crippen LogP contribution in [0.15, 0.2) is 35.6 Å². The highest BCUT2D eigenvalue weighted by molar-refractivity contribution is 6.14. The van der Waals surface area contributed by atoms with Gasteiger partial charge in [0.25, 0.3) is 0 Å². The lowest BCUT2D eigenvalue weighted by Crippen LogP contribution is -2.44. The van der Waals surface area contributed by atoms with Crippen LogP contribution in [0.4, 0.5) is 5.82 Å². The summed E-state index contributed by atoms with van der Waals surface area (Å²) >= 11 is 0. The van der Waals surface area contributed by atoms with Crippen LogP contribution in [-0.4, -0.2) is 59.4 Å². The molecule has 1 saturated heterocycles. The Bertz CT molecular complexity index is 897. The van der Waals surface area contributed by atoms with Crippen LogP contribution in [0.25, 0.3) is 0 Å². The third-order valence-electron chi connectivity index (χ3n) is 5.78. The lowest BCUT2D eigenvalue weighted by Gasteiger charge is -2.33. The average Bonchev–Trinajstić information content (AvgIpc) is 3.25. The summed E-state index contributed by atoms with van der Waals surface area (Å²) in [5, 5.41) is 0. The van der Waals surface area contributed by atoms with Crippen LogP contribution >= 0.6 is 0 Å². The van der Waals surface area contributed by atoms with Crippen molar-refractivity contribution in [3.63, 3.8) is 0 Å². The molecule has 6 nitrogen and oxygen atoms in total. The molecule has 1 aliphatic carbocycles. The van der Waals surface area contributed by atoms with Gasteiger partial charge in [-0.3, -0.25) is 4.99 Å². The smallest absolute Gasteiger partial charge is 0.132 e. The molecule has 2 fully saturated rings. The van der Waals surface area contributed by atoms with Crippen molar-refractivity contribution in [3.05, 3.63) is 47.4 Å². The molecular weight excluding hydrogens is 338 g/mol. The van der Waals surface area contributed by atoms with E-state index in [1.165, 1.54) is 5.56 Å². The number of ether oxygens (including phenoxy) is 1. The summed E-state index contributed by atoms with van der Waals surface area (Å²) in [6.45, 7) is 6.97. The predicted octanol–water partition coefficient (Wildman–Crippen LogP) is 2.51. The first kappa shape index (κ1) is 16.7. The Labute approximate surface area is 159 Å². The number of hydrogen-bond acceptors (Lipinski definition) is 6. The number of fused-ring (bicyclic) bond motifs is 1. The average molecular weight is 363 g/mol. The second-order valence-electron chi connectivity index (χ2n) is 8.09. The summed E-state index contributed by atoms with van der Waals surface area (Å²) in [7, 11) is 2.16. The minimum atomic E-state index is 0.0215. The van der Waals surface area contributed by atoms with E-state index in [1.54, 1.807) is 6.33 Å². The number of likely N-dealkylation sites (N-methyl/N-ethyl adjacent to an activating group) is 1. The molecule has 2 aliphatic heterocycles. The second-order valence-corrected chi connectivity index (χ2v) is 8.09. The number of aliphatic imine (C=N–C) groups is 1. The van der Waals surface area contributed by atoms with Crippen LogP contribution in [0.1, 0.15) is 36.6 Å². The number of rotatable bonds is 4. The van der Waals surface area contributed by atoms with Gasteiger partial charge in [0.15, 0.2) is 0 Å². The molecule has 3 heterocycles. The molecule has 0 radical (unpaired) electrons. The lowest BCUT2D eigenvalue weighted by molar-refractivity contribution is 0.200. The summed E-state index contributed by atoms with van der Waals surface area (Å²) in [4.78, 5) is 18.5. The molecule has 2 aromatic rings. The highest BCUT2D eigenvalue weighted by Gasteiger charge is 2.40. The van der Waals surface area contributed by atoms with Crippen molar-refractivity contribution < 1.29 is 4.74 Å². The first-order valence-corrected chi connectivity index (χ1v) is 9.72. The molecule has 0 atom stereocenters.